The van der Waals surface area contributed by atoms with E-state index < -0.39 is 5.60 Å². The number of rotatable bonds is 2. The average molecular weight is 385 g/mol. The maximum Gasteiger partial charge on any atom is 0.303 e. The average Bonchev–Trinajstić information content (AvgIpc) is 2.90. The number of Topliss-reactive ketones (excluding diaryl/α,β-unsaturated/α-hetero) is 1. The number of hydrogen-bond acceptors (Lipinski definition) is 4. The van der Waals surface area contributed by atoms with Gasteiger partial charge in [-0.2, -0.15) is 0 Å². The molecule has 4 rings (SSSR count). The van der Waals surface area contributed by atoms with Gasteiger partial charge in [0.05, 0.1) is 0 Å². The maximum atomic E-state index is 12.8. The zero-order valence-corrected chi connectivity index (χ0v) is 17.6. The van der Waals surface area contributed by atoms with Gasteiger partial charge in [-0.3, -0.25) is 14.4 Å². The molecule has 3 fully saturated rings. The fourth-order valence-corrected chi connectivity index (χ4v) is 7.63. The molecule has 6 atom stereocenters. The van der Waals surface area contributed by atoms with E-state index in [2.05, 4.69) is 20.4 Å². The Balaban J connectivity index is 1.75. The number of allylic oxidation sites excluding steroid dienone is 2. The lowest BCUT2D eigenvalue weighted by Crippen LogP contribution is -2.58. The van der Waals surface area contributed by atoms with Crippen molar-refractivity contribution in [1.29, 1.82) is 0 Å². The minimum atomic E-state index is -0.991. The second-order valence-electron chi connectivity index (χ2n) is 10.1. The van der Waals surface area contributed by atoms with Gasteiger partial charge in [-0.1, -0.05) is 26.0 Å². The topological polar surface area (TPSA) is 60.4 Å². The summed E-state index contributed by atoms with van der Waals surface area (Å²) in [5.41, 5.74) is 0.944. The molecular formula is C24H32O4. The molecule has 0 aromatic carbocycles. The van der Waals surface area contributed by atoms with Gasteiger partial charge in [0.25, 0.3) is 0 Å². The van der Waals surface area contributed by atoms with E-state index in [1.807, 2.05) is 6.08 Å². The van der Waals surface area contributed by atoms with Crippen LogP contribution in [-0.4, -0.2) is 23.1 Å². The SMILES string of the molecule is C=C1C[C@@H]2[C@@H](CC[C@@]3(C)[C@@H]2CC[C@]3(OC(C)=O)C(C)=O)[C@@]2(C)CCC(=O)C=C12. The van der Waals surface area contributed by atoms with E-state index >= 15 is 0 Å². The van der Waals surface area contributed by atoms with Crippen LogP contribution in [0, 0.1) is 28.6 Å². The third kappa shape index (κ3) is 2.39. The van der Waals surface area contributed by atoms with Crippen molar-refractivity contribution < 1.29 is 19.1 Å². The second kappa shape index (κ2) is 6.14. The lowest BCUT2D eigenvalue weighted by atomic mass is 9.45. The van der Waals surface area contributed by atoms with E-state index in [-0.39, 0.29) is 28.4 Å². The predicted molar refractivity (Wildman–Crippen MR) is 106 cm³/mol. The number of ketones is 2. The number of fused-ring (bicyclic) bond motifs is 5. The molecule has 0 unspecified atom stereocenters. The van der Waals surface area contributed by atoms with Crippen molar-refractivity contribution in [3.63, 3.8) is 0 Å². The molecule has 0 N–H and O–H groups in total. The van der Waals surface area contributed by atoms with Gasteiger partial charge in [-0.05, 0) is 80.3 Å². The first-order valence-corrected chi connectivity index (χ1v) is 10.7. The first-order chi connectivity index (χ1) is 13.0. The van der Waals surface area contributed by atoms with Crippen molar-refractivity contribution in [2.75, 3.05) is 0 Å². The van der Waals surface area contributed by atoms with Crippen LogP contribution in [0.3, 0.4) is 0 Å². The molecule has 0 amide bonds. The Morgan fingerprint density at radius 3 is 2.43 bits per heavy atom. The van der Waals surface area contributed by atoms with Gasteiger partial charge in [-0.25, -0.2) is 0 Å². The molecule has 152 valence electrons. The second-order valence-corrected chi connectivity index (χ2v) is 10.1. The molecule has 0 heterocycles. The molecule has 0 radical (unpaired) electrons. The van der Waals surface area contributed by atoms with Gasteiger partial charge in [0.1, 0.15) is 0 Å². The van der Waals surface area contributed by atoms with Crippen molar-refractivity contribution >= 4 is 17.5 Å². The molecular weight excluding hydrogens is 352 g/mol. The fourth-order valence-electron chi connectivity index (χ4n) is 7.63. The number of ether oxygens (including phenoxy) is 1. The Hall–Kier alpha value is -1.71. The highest BCUT2D eigenvalue weighted by atomic mass is 16.6. The molecule has 4 heteroatoms. The van der Waals surface area contributed by atoms with Crippen LogP contribution < -0.4 is 0 Å². The zero-order valence-electron chi connectivity index (χ0n) is 17.6. The van der Waals surface area contributed by atoms with Crippen LogP contribution in [0.1, 0.15) is 72.6 Å². The molecule has 0 aliphatic heterocycles. The molecule has 4 nitrogen and oxygen atoms in total. The van der Waals surface area contributed by atoms with E-state index in [0.29, 0.717) is 30.6 Å². The van der Waals surface area contributed by atoms with Crippen molar-refractivity contribution in [1.82, 2.24) is 0 Å². The third-order valence-corrected chi connectivity index (χ3v) is 8.94. The number of esters is 1. The largest absolute Gasteiger partial charge is 0.451 e. The summed E-state index contributed by atoms with van der Waals surface area (Å²) in [6.45, 7) is 11.8. The summed E-state index contributed by atoms with van der Waals surface area (Å²) in [6, 6.07) is 0. The quantitative estimate of drug-likeness (QED) is 0.654. The third-order valence-electron chi connectivity index (χ3n) is 8.94. The standard InChI is InChI=1S/C24H32O4/c1-14-12-18-19(22(4)9-6-17(27)13-21(14)22)7-10-23(5)20(18)8-11-24(23,15(2)25)28-16(3)26/h13,18-20H,1,6-12H2,2-5H3/t18-,19-,20-,22-,23+,24+/m1/s1. The first-order valence-electron chi connectivity index (χ1n) is 10.7. The highest BCUT2D eigenvalue weighted by Gasteiger charge is 2.68. The number of carbonyl (C=O) groups excluding carboxylic acids is 3. The van der Waals surface area contributed by atoms with E-state index in [9.17, 15) is 14.4 Å². The fraction of sp³-hybridized carbons (Fsp3) is 0.708. The van der Waals surface area contributed by atoms with Crippen LogP contribution in [0.15, 0.2) is 23.8 Å². The highest BCUT2D eigenvalue weighted by Crippen LogP contribution is 2.68. The summed E-state index contributed by atoms with van der Waals surface area (Å²) in [6.07, 6.45) is 7.66. The summed E-state index contributed by atoms with van der Waals surface area (Å²) in [5, 5.41) is 0. The van der Waals surface area contributed by atoms with Crippen molar-refractivity contribution in [2.24, 2.45) is 28.6 Å². The molecule has 0 aromatic heterocycles. The summed E-state index contributed by atoms with van der Waals surface area (Å²) in [7, 11) is 0. The van der Waals surface area contributed by atoms with Crippen LogP contribution in [0.5, 0.6) is 0 Å². The molecule has 0 spiro atoms. The number of hydrogen-bond donors (Lipinski definition) is 0. The van der Waals surface area contributed by atoms with Gasteiger partial charge in [0.2, 0.25) is 0 Å². The van der Waals surface area contributed by atoms with Gasteiger partial charge in [0, 0.05) is 18.8 Å². The smallest absolute Gasteiger partial charge is 0.303 e. The van der Waals surface area contributed by atoms with Gasteiger partial charge < -0.3 is 4.74 Å². The Morgan fingerprint density at radius 2 is 1.79 bits per heavy atom. The predicted octanol–water partition coefficient (Wildman–Crippen LogP) is 4.58. The minimum absolute atomic E-state index is 0.00184. The van der Waals surface area contributed by atoms with Crippen LogP contribution in [0.4, 0.5) is 0 Å². The van der Waals surface area contributed by atoms with E-state index in [0.717, 1.165) is 37.7 Å². The molecule has 4 aliphatic carbocycles. The van der Waals surface area contributed by atoms with Gasteiger partial charge in [-0.15, -0.1) is 0 Å². The lowest BCUT2D eigenvalue weighted by molar-refractivity contribution is -0.186. The van der Waals surface area contributed by atoms with Crippen molar-refractivity contribution in [3.8, 4) is 0 Å². The zero-order chi connectivity index (χ0) is 20.5. The van der Waals surface area contributed by atoms with Gasteiger partial charge >= 0.3 is 5.97 Å². The Kier molecular flexibility index (Phi) is 4.30. The van der Waals surface area contributed by atoms with Crippen LogP contribution in [-0.2, 0) is 19.1 Å². The molecule has 0 aromatic rings. The summed E-state index contributed by atoms with van der Waals surface area (Å²) >= 11 is 0. The number of carbonyl (C=O) groups is 3. The Bertz CT molecular complexity index is 807. The Labute approximate surface area is 167 Å². The van der Waals surface area contributed by atoms with E-state index in [1.165, 1.54) is 12.5 Å². The molecule has 4 aliphatic rings. The van der Waals surface area contributed by atoms with Crippen LogP contribution in [0.2, 0.25) is 0 Å². The molecule has 28 heavy (non-hydrogen) atoms. The van der Waals surface area contributed by atoms with Crippen molar-refractivity contribution in [2.45, 2.75) is 78.2 Å². The normalized spacial score (nSPS) is 44.9. The minimum Gasteiger partial charge on any atom is -0.451 e. The molecule has 0 bridgehead atoms. The monoisotopic (exact) mass is 384 g/mol. The highest BCUT2D eigenvalue weighted by molar-refractivity contribution is 5.92. The first kappa shape index (κ1) is 19.6. The van der Waals surface area contributed by atoms with Gasteiger partial charge in [0.15, 0.2) is 17.2 Å². The summed E-state index contributed by atoms with van der Waals surface area (Å²) in [5.74, 6) is 1.10. The summed E-state index contributed by atoms with van der Waals surface area (Å²) < 4.78 is 5.82. The van der Waals surface area contributed by atoms with Crippen molar-refractivity contribution in [3.05, 3.63) is 23.8 Å². The van der Waals surface area contributed by atoms with Crippen LogP contribution >= 0.6 is 0 Å². The van der Waals surface area contributed by atoms with E-state index in [4.69, 9.17) is 4.74 Å². The van der Waals surface area contributed by atoms with E-state index in [1.54, 1.807) is 6.92 Å². The molecule has 0 saturated heterocycles. The summed E-state index contributed by atoms with van der Waals surface area (Å²) in [4.78, 5) is 36.7. The maximum absolute atomic E-state index is 12.8. The molecule has 3 saturated carbocycles. The van der Waals surface area contributed by atoms with Crippen LogP contribution in [0.25, 0.3) is 0 Å². The lowest BCUT2D eigenvalue weighted by Gasteiger charge is -2.59. The Morgan fingerprint density at radius 1 is 1.11 bits per heavy atom.